The van der Waals surface area contributed by atoms with Crippen LogP contribution in [0.5, 0.6) is 11.5 Å². The minimum atomic E-state index is -0.418. The SMILES string of the molecule is O=C(NCc1cc(Cl)c2c(c1)OCCO2)c1ccn(-c2ccccc2F)n1. The number of hydrogen-bond acceptors (Lipinski definition) is 4. The molecular formula is C19H15ClFN3O3. The zero-order valence-corrected chi connectivity index (χ0v) is 14.9. The van der Waals surface area contributed by atoms with Crippen LogP contribution in [-0.4, -0.2) is 28.9 Å². The lowest BCUT2D eigenvalue weighted by molar-refractivity contribution is 0.0945. The highest BCUT2D eigenvalue weighted by Crippen LogP contribution is 2.38. The summed E-state index contributed by atoms with van der Waals surface area (Å²) in [6.45, 7) is 1.14. The molecule has 2 aromatic carbocycles. The second-order valence-corrected chi connectivity index (χ2v) is 6.29. The monoisotopic (exact) mass is 387 g/mol. The Morgan fingerprint density at radius 1 is 1.22 bits per heavy atom. The highest BCUT2D eigenvalue weighted by Gasteiger charge is 2.17. The van der Waals surface area contributed by atoms with E-state index >= 15 is 0 Å². The minimum Gasteiger partial charge on any atom is -0.486 e. The van der Waals surface area contributed by atoms with Gasteiger partial charge in [0.05, 0.1) is 5.02 Å². The molecule has 3 aromatic rings. The van der Waals surface area contributed by atoms with E-state index in [4.69, 9.17) is 21.1 Å². The number of fused-ring (bicyclic) bond motifs is 1. The van der Waals surface area contributed by atoms with Gasteiger partial charge in [-0.05, 0) is 35.9 Å². The Morgan fingerprint density at radius 2 is 2.04 bits per heavy atom. The first-order valence-electron chi connectivity index (χ1n) is 8.28. The Bertz CT molecular complexity index is 1010. The number of amides is 1. The Balaban J connectivity index is 1.46. The van der Waals surface area contributed by atoms with Gasteiger partial charge in [0.15, 0.2) is 17.2 Å². The maximum absolute atomic E-state index is 13.8. The number of hydrogen-bond donors (Lipinski definition) is 1. The van der Waals surface area contributed by atoms with E-state index in [1.165, 1.54) is 23.0 Å². The lowest BCUT2D eigenvalue weighted by atomic mass is 10.2. The van der Waals surface area contributed by atoms with Crippen molar-refractivity contribution in [3.63, 3.8) is 0 Å². The molecule has 138 valence electrons. The predicted octanol–water partition coefficient (Wildman–Crippen LogP) is 3.37. The van der Waals surface area contributed by atoms with Gasteiger partial charge in [0, 0.05) is 12.7 Å². The molecule has 2 heterocycles. The summed E-state index contributed by atoms with van der Waals surface area (Å²) >= 11 is 6.20. The molecule has 1 N–H and O–H groups in total. The number of para-hydroxylation sites is 1. The van der Waals surface area contributed by atoms with Gasteiger partial charge in [-0.3, -0.25) is 4.79 Å². The van der Waals surface area contributed by atoms with E-state index in [1.807, 2.05) is 0 Å². The zero-order chi connectivity index (χ0) is 18.8. The molecule has 0 fully saturated rings. The van der Waals surface area contributed by atoms with E-state index in [0.29, 0.717) is 29.7 Å². The van der Waals surface area contributed by atoms with Crippen molar-refractivity contribution in [3.8, 4) is 17.2 Å². The third-order valence-corrected chi connectivity index (χ3v) is 4.31. The van der Waals surface area contributed by atoms with Crippen molar-refractivity contribution >= 4 is 17.5 Å². The van der Waals surface area contributed by atoms with Crippen LogP contribution in [0, 0.1) is 5.82 Å². The van der Waals surface area contributed by atoms with Crippen LogP contribution in [0.1, 0.15) is 16.1 Å². The molecule has 0 bridgehead atoms. The number of rotatable bonds is 4. The van der Waals surface area contributed by atoms with Gasteiger partial charge in [-0.15, -0.1) is 0 Å². The Hall–Kier alpha value is -3.06. The molecule has 1 aliphatic heterocycles. The molecule has 0 saturated heterocycles. The van der Waals surface area contributed by atoms with E-state index in [9.17, 15) is 9.18 Å². The molecule has 1 aliphatic rings. The molecule has 0 spiro atoms. The van der Waals surface area contributed by atoms with Crippen LogP contribution in [0.3, 0.4) is 0 Å². The number of nitrogens with zero attached hydrogens (tertiary/aromatic N) is 2. The molecular weight excluding hydrogens is 373 g/mol. The van der Waals surface area contributed by atoms with Gasteiger partial charge in [0.2, 0.25) is 0 Å². The quantitative estimate of drug-likeness (QED) is 0.745. The number of nitrogens with one attached hydrogen (secondary N) is 1. The largest absolute Gasteiger partial charge is 0.486 e. The predicted molar refractivity (Wildman–Crippen MR) is 97.1 cm³/mol. The standard InChI is InChI=1S/C19H15ClFN3O3/c20-13-9-12(10-17-18(13)27-8-7-26-17)11-22-19(25)15-5-6-24(23-15)16-4-2-1-3-14(16)21/h1-6,9-10H,7-8,11H2,(H,22,25). The van der Waals surface area contributed by atoms with Crippen molar-refractivity contribution < 1.29 is 18.7 Å². The van der Waals surface area contributed by atoms with E-state index in [2.05, 4.69) is 10.4 Å². The zero-order valence-electron chi connectivity index (χ0n) is 14.1. The Morgan fingerprint density at radius 3 is 2.89 bits per heavy atom. The molecule has 0 unspecified atom stereocenters. The van der Waals surface area contributed by atoms with E-state index < -0.39 is 5.82 Å². The van der Waals surface area contributed by atoms with Crippen LogP contribution >= 0.6 is 11.6 Å². The van der Waals surface area contributed by atoms with E-state index in [0.717, 1.165) is 5.56 Å². The number of aromatic nitrogens is 2. The molecule has 1 aromatic heterocycles. The van der Waals surface area contributed by atoms with Crippen LogP contribution in [0.25, 0.3) is 5.69 Å². The second kappa shape index (κ2) is 7.28. The maximum atomic E-state index is 13.8. The van der Waals surface area contributed by atoms with E-state index in [-0.39, 0.29) is 23.8 Å². The molecule has 6 nitrogen and oxygen atoms in total. The topological polar surface area (TPSA) is 65.4 Å². The van der Waals surface area contributed by atoms with Crippen LogP contribution in [-0.2, 0) is 6.54 Å². The van der Waals surface area contributed by atoms with Crippen molar-refractivity contribution in [3.05, 3.63) is 70.8 Å². The van der Waals surface area contributed by atoms with Gasteiger partial charge in [-0.25, -0.2) is 9.07 Å². The molecule has 4 rings (SSSR count). The summed E-state index contributed by atoms with van der Waals surface area (Å²) in [5.41, 5.74) is 1.23. The highest BCUT2D eigenvalue weighted by molar-refractivity contribution is 6.32. The van der Waals surface area contributed by atoms with Crippen molar-refractivity contribution in [2.45, 2.75) is 6.54 Å². The molecule has 27 heavy (non-hydrogen) atoms. The van der Waals surface area contributed by atoms with Gasteiger partial charge in [-0.1, -0.05) is 23.7 Å². The number of carbonyl (C=O) groups is 1. The fraction of sp³-hybridized carbons (Fsp3) is 0.158. The number of carbonyl (C=O) groups excluding carboxylic acids is 1. The summed E-state index contributed by atoms with van der Waals surface area (Å²) in [5.74, 6) is 0.276. The van der Waals surface area contributed by atoms with Gasteiger partial charge in [0.25, 0.3) is 5.91 Å². The average molecular weight is 388 g/mol. The number of ether oxygens (including phenoxy) is 2. The molecule has 0 aliphatic carbocycles. The molecule has 0 saturated carbocycles. The van der Waals surface area contributed by atoms with Crippen LogP contribution in [0.15, 0.2) is 48.7 Å². The molecule has 0 radical (unpaired) electrons. The smallest absolute Gasteiger partial charge is 0.272 e. The summed E-state index contributed by atoms with van der Waals surface area (Å²) in [5, 5.41) is 7.33. The minimum absolute atomic E-state index is 0.182. The Labute approximate surface area is 159 Å². The molecule has 0 atom stereocenters. The summed E-state index contributed by atoms with van der Waals surface area (Å²) in [7, 11) is 0. The molecule has 1 amide bonds. The lowest BCUT2D eigenvalue weighted by Gasteiger charge is -2.20. The third-order valence-electron chi connectivity index (χ3n) is 4.03. The fourth-order valence-corrected chi connectivity index (χ4v) is 3.04. The van der Waals surface area contributed by atoms with E-state index in [1.54, 1.807) is 30.3 Å². The second-order valence-electron chi connectivity index (χ2n) is 5.88. The van der Waals surface area contributed by atoms with Crippen molar-refractivity contribution in [1.29, 1.82) is 0 Å². The lowest BCUT2D eigenvalue weighted by Crippen LogP contribution is -2.24. The van der Waals surface area contributed by atoms with Gasteiger partial charge in [-0.2, -0.15) is 5.10 Å². The van der Waals surface area contributed by atoms with Crippen LogP contribution in [0.2, 0.25) is 5.02 Å². The van der Waals surface area contributed by atoms with Crippen molar-refractivity contribution in [1.82, 2.24) is 15.1 Å². The van der Waals surface area contributed by atoms with Crippen molar-refractivity contribution in [2.75, 3.05) is 13.2 Å². The summed E-state index contributed by atoms with van der Waals surface area (Å²) in [6, 6.07) is 11.2. The summed E-state index contributed by atoms with van der Waals surface area (Å²) < 4.78 is 26.2. The summed E-state index contributed by atoms with van der Waals surface area (Å²) in [6.07, 6.45) is 1.54. The first-order valence-corrected chi connectivity index (χ1v) is 8.66. The van der Waals surface area contributed by atoms with Gasteiger partial charge >= 0.3 is 0 Å². The maximum Gasteiger partial charge on any atom is 0.272 e. The summed E-state index contributed by atoms with van der Waals surface area (Å²) in [4.78, 5) is 12.4. The normalized spacial score (nSPS) is 12.7. The Kier molecular flexibility index (Phi) is 4.68. The first kappa shape index (κ1) is 17.4. The van der Waals surface area contributed by atoms with Crippen LogP contribution in [0.4, 0.5) is 4.39 Å². The fourth-order valence-electron chi connectivity index (χ4n) is 2.76. The average Bonchev–Trinajstić information content (AvgIpc) is 3.16. The van der Waals surface area contributed by atoms with Crippen molar-refractivity contribution in [2.24, 2.45) is 0 Å². The number of benzene rings is 2. The molecule has 8 heteroatoms. The number of halogens is 2. The first-order chi connectivity index (χ1) is 13.1. The van der Waals surface area contributed by atoms with Crippen LogP contribution < -0.4 is 14.8 Å². The van der Waals surface area contributed by atoms with Gasteiger partial charge < -0.3 is 14.8 Å². The van der Waals surface area contributed by atoms with Gasteiger partial charge in [0.1, 0.15) is 24.7 Å². The highest BCUT2D eigenvalue weighted by atomic mass is 35.5. The third kappa shape index (κ3) is 3.59.